The molecule has 0 fully saturated rings. The molecule has 0 aliphatic carbocycles. The van der Waals surface area contributed by atoms with Gasteiger partial charge in [-0.05, 0) is 12.8 Å². The van der Waals surface area contributed by atoms with Crippen LogP contribution in [0, 0.1) is 0 Å². The van der Waals surface area contributed by atoms with Gasteiger partial charge in [0.05, 0.1) is 6.61 Å². The molecule has 6 heteroatoms. The molecule has 0 aliphatic rings. The summed E-state index contributed by atoms with van der Waals surface area (Å²) in [5.41, 5.74) is 0. The molecule has 70 valence electrons. The number of thiol groups is 1. The summed E-state index contributed by atoms with van der Waals surface area (Å²) < 4.78 is 16.4. The molecule has 0 aromatic rings. The average molecular weight is 280 g/mol. The van der Waals surface area contributed by atoms with E-state index in [0.717, 1.165) is 18.6 Å². The minimum Gasteiger partial charge on any atom is -0.314 e. The molecule has 0 heterocycles. The van der Waals surface area contributed by atoms with E-state index in [9.17, 15) is 4.57 Å². The van der Waals surface area contributed by atoms with Crippen LogP contribution < -0.4 is 0 Å². The van der Waals surface area contributed by atoms with E-state index in [1.54, 1.807) is 0 Å². The number of rotatable bonds is 6. The van der Waals surface area contributed by atoms with Gasteiger partial charge in [-0.2, -0.15) is 0 Å². The summed E-state index contributed by atoms with van der Waals surface area (Å²) >= 11 is 5.27. The van der Waals surface area contributed by atoms with E-state index in [4.69, 9.17) is 4.52 Å². The first-order chi connectivity index (χ1) is 5.12. The number of hydrogen-bond acceptors (Lipinski definition) is 3. The molecular formula is C6H15O2PS2Zn. The van der Waals surface area contributed by atoms with E-state index in [1.807, 2.05) is 13.8 Å². The molecule has 0 bridgehead atoms. The zero-order chi connectivity index (χ0) is 8.74. The summed E-state index contributed by atoms with van der Waals surface area (Å²) in [5, 5.41) is 0. The van der Waals surface area contributed by atoms with Crippen LogP contribution in [0.1, 0.15) is 26.7 Å². The Bertz CT molecular complexity index is 134. The summed E-state index contributed by atoms with van der Waals surface area (Å²) in [7, 11) is 0. The van der Waals surface area contributed by atoms with Gasteiger partial charge in [0.25, 0.3) is 0 Å². The molecule has 0 spiro atoms. The summed E-state index contributed by atoms with van der Waals surface area (Å²) in [5.74, 6) is -1.76. The third-order valence-electron chi connectivity index (χ3n) is 0.917. The fourth-order valence-electron chi connectivity index (χ4n) is 0.451. The van der Waals surface area contributed by atoms with Gasteiger partial charge in [-0.25, -0.2) is 0 Å². The smallest absolute Gasteiger partial charge is 0.310 e. The second-order valence-electron chi connectivity index (χ2n) is 2.14. The third kappa shape index (κ3) is 9.60. The van der Waals surface area contributed by atoms with Crippen LogP contribution >= 0.6 is 29.4 Å². The average Bonchev–Trinajstić information content (AvgIpc) is 1.97. The van der Waals surface area contributed by atoms with Gasteiger partial charge < -0.3 is 4.52 Å². The molecule has 1 atom stereocenters. The van der Waals surface area contributed by atoms with Crippen LogP contribution in [0.15, 0.2) is 0 Å². The monoisotopic (exact) mass is 278 g/mol. The van der Waals surface area contributed by atoms with Gasteiger partial charge in [-0.15, -0.1) is 0 Å². The molecule has 0 N–H and O–H groups in total. The maximum absolute atomic E-state index is 11.3. The van der Waals surface area contributed by atoms with Gasteiger partial charge in [0.15, 0.2) is 0 Å². The van der Waals surface area contributed by atoms with E-state index in [-0.39, 0.29) is 19.5 Å². The summed E-state index contributed by atoms with van der Waals surface area (Å²) in [4.78, 5) is 0. The molecular weight excluding hydrogens is 265 g/mol. The van der Waals surface area contributed by atoms with Crippen molar-refractivity contribution in [2.45, 2.75) is 26.7 Å². The first-order valence-corrected chi connectivity index (χ1v) is 8.11. The Morgan fingerprint density at radius 2 is 2.00 bits per heavy atom. The Balaban J connectivity index is 0. The van der Waals surface area contributed by atoms with Gasteiger partial charge in [0.2, 0.25) is 0 Å². The van der Waals surface area contributed by atoms with E-state index in [0.29, 0.717) is 6.61 Å². The van der Waals surface area contributed by atoms with Gasteiger partial charge in [-0.3, -0.25) is 4.57 Å². The summed E-state index contributed by atoms with van der Waals surface area (Å²) in [6.07, 6.45) is 1.89. The van der Waals surface area contributed by atoms with Gasteiger partial charge >= 0.3 is 5.77 Å². The van der Waals surface area contributed by atoms with Crippen molar-refractivity contribution in [1.29, 1.82) is 0 Å². The minimum atomic E-state index is -2.61. The van der Waals surface area contributed by atoms with Crippen LogP contribution in [0.3, 0.4) is 0 Å². The molecule has 0 aromatic carbocycles. The molecule has 12 heavy (non-hydrogen) atoms. The topological polar surface area (TPSA) is 26.3 Å². The molecule has 0 rings (SSSR count). The Kier molecular flexibility index (Phi) is 12.1. The molecule has 0 aliphatic heterocycles. The SMILES string of the molecule is CCCOP(=O)(S)SCCC.[Zn]. The Labute approximate surface area is 96.7 Å². The predicted octanol–water partition coefficient (Wildman–Crippen LogP) is 3.59. The van der Waals surface area contributed by atoms with Crippen molar-refractivity contribution in [1.82, 2.24) is 0 Å². The molecule has 0 amide bonds. The molecule has 0 saturated carbocycles. The summed E-state index contributed by atoms with van der Waals surface area (Å²) in [6, 6.07) is 0. The van der Waals surface area contributed by atoms with Gasteiger partial charge in [-0.1, -0.05) is 37.5 Å². The second kappa shape index (κ2) is 9.08. The first kappa shape index (κ1) is 16.0. The van der Waals surface area contributed by atoms with Gasteiger partial charge in [0, 0.05) is 25.2 Å². The fourth-order valence-corrected chi connectivity index (χ4v) is 4.02. The summed E-state index contributed by atoms with van der Waals surface area (Å²) in [6.45, 7) is 4.57. The zero-order valence-electron chi connectivity index (χ0n) is 7.65. The van der Waals surface area contributed by atoms with Crippen LogP contribution in [0.4, 0.5) is 0 Å². The third-order valence-corrected chi connectivity index (χ3v) is 5.57. The van der Waals surface area contributed by atoms with Gasteiger partial charge in [0.1, 0.15) is 0 Å². The van der Waals surface area contributed by atoms with Crippen molar-refractivity contribution in [3.05, 3.63) is 0 Å². The van der Waals surface area contributed by atoms with Crippen molar-refractivity contribution in [3.8, 4) is 0 Å². The van der Waals surface area contributed by atoms with E-state index >= 15 is 0 Å². The van der Waals surface area contributed by atoms with Crippen LogP contribution in [-0.2, 0) is 28.6 Å². The van der Waals surface area contributed by atoms with E-state index in [1.165, 1.54) is 11.4 Å². The van der Waals surface area contributed by atoms with Crippen molar-refractivity contribution in [2.75, 3.05) is 12.4 Å². The second-order valence-corrected chi connectivity index (χ2v) is 8.61. The van der Waals surface area contributed by atoms with Crippen molar-refractivity contribution >= 4 is 29.4 Å². The largest absolute Gasteiger partial charge is 0.314 e. The predicted molar refractivity (Wildman–Crippen MR) is 55.6 cm³/mol. The van der Waals surface area contributed by atoms with Crippen molar-refractivity contribution < 1.29 is 28.6 Å². The minimum absolute atomic E-state index is 0. The van der Waals surface area contributed by atoms with Crippen LogP contribution in [0.5, 0.6) is 0 Å². The molecule has 1 unspecified atom stereocenters. The van der Waals surface area contributed by atoms with Crippen molar-refractivity contribution in [2.24, 2.45) is 0 Å². The zero-order valence-corrected chi connectivity index (χ0v) is 13.2. The first-order valence-electron chi connectivity index (χ1n) is 3.74. The van der Waals surface area contributed by atoms with Crippen molar-refractivity contribution in [3.63, 3.8) is 0 Å². The standard InChI is InChI=1S/C6H15O2PS2.Zn/c1-3-5-8-9(7,10)11-6-4-2;/h3-6H2,1-2H3,(H,7,10);. The normalized spacial score (nSPS) is 14.9. The van der Waals surface area contributed by atoms with E-state index < -0.39 is 5.77 Å². The quantitative estimate of drug-likeness (QED) is 0.457. The van der Waals surface area contributed by atoms with Crippen LogP contribution in [0.2, 0.25) is 0 Å². The van der Waals surface area contributed by atoms with E-state index in [2.05, 4.69) is 12.2 Å². The maximum atomic E-state index is 11.3. The van der Waals surface area contributed by atoms with Crippen LogP contribution in [0.25, 0.3) is 0 Å². The Morgan fingerprint density at radius 1 is 1.42 bits per heavy atom. The fraction of sp³-hybridized carbons (Fsp3) is 1.00. The Hall–Kier alpha value is 1.51. The number of hydrogen-bond donors (Lipinski definition) is 1. The molecule has 0 radical (unpaired) electrons. The Morgan fingerprint density at radius 3 is 2.42 bits per heavy atom. The maximum Gasteiger partial charge on any atom is 0.310 e. The molecule has 2 nitrogen and oxygen atoms in total. The molecule has 0 aromatic heterocycles. The van der Waals surface area contributed by atoms with Crippen LogP contribution in [-0.4, -0.2) is 12.4 Å². The molecule has 0 saturated heterocycles.